The fourth-order valence-corrected chi connectivity index (χ4v) is 2.32. The van der Waals surface area contributed by atoms with Crippen LogP contribution in [0.5, 0.6) is 0 Å². The molecule has 0 aliphatic rings. The summed E-state index contributed by atoms with van der Waals surface area (Å²) in [5, 5.41) is 7.84. The quantitative estimate of drug-likeness (QED) is 0.683. The molecule has 0 saturated heterocycles. The number of carbonyl (C=O) groups excluding carboxylic acids is 3. The summed E-state index contributed by atoms with van der Waals surface area (Å²) in [4.78, 5) is 35.8. The monoisotopic (exact) mass is 401 g/mol. The summed E-state index contributed by atoms with van der Waals surface area (Å²) in [6.07, 6.45) is -0.536. The van der Waals surface area contributed by atoms with Gasteiger partial charge in [0.2, 0.25) is 5.91 Å². The van der Waals surface area contributed by atoms with Gasteiger partial charge in [-0.05, 0) is 57.2 Å². The molecule has 0 aliphatic heterocycles. The number of anilines is 2. The van der Waals surface area contributed by atoms with Gasteiger partial charge in [0.15, 0.2) is 0 Å². The van der Waals surface area contributed by atoms with Crippen molar-refractivity contribution in [3.63, 3.8) is 0 Å². The fourth-order valence-electron chi connectivity index (χ4n) is 2.32. The summed E-state index contributed by atoms with van der Waals surface area (Å²) < 4.78 is 18.3. The minimum atomic E-state index is -0.608. The van der Waals surface area contributed by atoms with Crippen LogP contribution in [-0.4, -0.2) is 30.1 Å². The maximum absolute atomic E-state index is 13.2. The first-order valence-corrected chi connectivity index (χ1v) is 9.06. The normalized spacial score (nSPS) is 10.8. The van der Waals surface area contributed by atoms with E-state index in [0.29, 0.717) is 11.4 Å². The number of nitrogens with one attached hydrogen (secondary N) is 3. The second kappa shape index (κ2) is 9.68. The topological polar surface area (TPSA) is 96.5 Å². The third-order valence-electron chi connectivity index (χ3n) is 3.51. The Labute approximate surface area is 168 Å². The molecule has 7 nitrogen and oxygen atoms in total. The molecule has 0 fully saturated rings. The van der Waals surface area contributed by atoms with Crippen LogP contribution in [0.2, 0.25) is 0 Å². The number of benzene rings is 2. The van der Waals surface area contributed by atoms with E-state index in [0.717, 1.165) is 6.07 Å². The summed E-state index contributed by atoms with van der Waals surface area (Å²) in [5.74, 6) is -1.28. The van der Waals surface area contributed by atoms with Crippen molar-refractivity contribution in [1.29, 1.82) is 0 Å². The highest BCUT2D eigenvalue weighted by atomic mass is 19.1. The lowest BCUT2D eigenvalue weighted by molar-refractivity contribution is -0.116. The predicted molar refractivity (Wildman–Crippen MR) is 108 cm³/mol. The van der Waals surface area contributed by atoms with Crippen molar-refractivity contribution in [3.05, 3.63) is 59.9 Å². The van der Waals surface area contributed by atoms with Crippen molar-refractivity contribution < 1.29 is 23.5 Å². The average Bonchev–Trinajstić information content (AvgIpc) is 2.60. The molecule has 0 aromatic heterocycles. The van der Waals surface area contributed by atoms with Gasteiger partial charge in [0.25, 0.3) is 5.91 Å². The van der Waals surface area contributed by atoms with Crippen LogP contribution in [0, 0.1) is 5.82 Å². The van der Waals surface area contributed by atoms with Gasteiger partial charge in [-0.15, -0.1) is 0 Å². The van der Waals surface area contributed by atoms with Crippen molar-refractivity contribution >= 4 is 29.3 Å². The first kappa shape index (κ1) is 21.9. The van der Waals surface area contributed by atoms with E-state index < -0.39 is 23.4 Å². The van der Waals surface area contributed by atoms with Crippen LogP contribution in [0.3, 0.4) is 0 Å². The molecule has 8 heteroatoms. The minimum absolute atomic E-state index is 0.0547. The number of amides is 3. The largest absolute Gasteiger partial charge is 0.444 e. The van der Waals surface area contributed by atoms with Gasteiger partial charge in [-0.25, -0.2) is 9.18 Å². The number of hydrogen-bond donors (Lipinski definition) is 3. The maximum atomic E-state index is 13.2. The van der Waals surface area contributed by atoms with E-state index in [-0.39, 0.29) is 24.4 Å². The molecular formula is C21H24FN3O4. The van der Waals surface area contributed by atoms with Crippen molar-refractivity contribution in [2.45, 2.75) is 32.8 Å². The lowest BCUT2D eigenvalue weighted by Crippen LogP contribution is -2.34. The molecule has 2 aromatic carbocycles. The van der Waals surface area contributed by atoms with E-state index in [1.54, 1.807) is 45.0 Å². The van der Waals surface area contributed by atoms with E-state index in [2.05, 4.69) is 16.0 Å². The van der Waals surface area contributed by atoms with Gasteiger partial charge in [-0.1, -0.05) is 12.1 Å². The van der Waals surface area contributed by atoms with Crippen molar-refractivity contribution in [2.75, 3.05) is 17.2 Å². The van der Waals surface area contributed by atoms with E-state index >= 15 is 0 Å². The summed E-state index contributed by atoms with van der Waals surface area (Å²) in [6, 6.07) is 11.9. The highest BCUT2D eigenvalue weighted by Crippen LogP contribution is 2.16. The van der Waals surface area contributed by atoms with Crippen LogP contribution < -0.4 is 16.0 Å². The van der Waals surface area contributed by atoms with E-state index in [4.69, 9.17) is 4.74 Å². The van der Waals surface area contributed by atoms with Gasteiger partial charge in [0.1, 0.15) is 11.4 Å². The van der Waals surface area contributed by atoms with Crippen molar-refractivity contribution in [3.8, 4) is 0 Å². The third kappa shape index (κ3) is 8.00. The molecule has 2 rings (SSSR count). The minimum Gasteiger partial charge on any atom is -0.444 e. The number of rotatable bonds is 6. The molecular weight excluding hydrogens is 377 g/mol. The number of ether oxygens (including phenoxy) is 1. The summed E-state index contributed by atoms with van der Waals surface area (Å²) in [5.41, 5.74) is 0.504. The van der Waals surface area contributed by atoms with Crippen LogP contribution in [0.1, 0.15) is 37.6 Å². The van der Waals surface area contributed by atoms with Crippen LogP contribution in [0.15, 0.2) is 48.5 Å². The maximum Gasteiger partial charge on any atom is 0.407 e. The van der Waals surface area contributed by atoms with Gasteiger partial charge in [-0.3, -0.25) is 9.59 Å². The zero-order valence-corrected chi connectivity index (χ0v) is 16.5. The lowest BCUT2D eigenvalue weighted by Gasteiger charge is -2.19. The molecule has 3 amide bonds. The van der Waals surface area contributed by atoms with Gasteiger partial charge < -0.3 is 20.7 Å². The highest BCUT2D eigenvalue weighted by Gasteiger charge is 2.16. The Morgan fingerprint density at radius 2 is 1.62 bits per heavy atom. The smallest absolute Gasteiger partial charge is 0.407 e. The summed E-state index contributed by atoms with van der Waals surface area (Å²) in [7, 11) is 0. The van der Waals surface area contributed by atoms with Crippen LogP contribution >= 0.6 is 0 Å². The van der Waals surface area contributed by atoms with Crippen LogP contribution in [-0.2, 0) is 9.53 Å². The zero-order chi connectivity index (χ0) is 21.4. The van der Waals surface area contributed by atoms with Crippen LogP contribution in [0.4, 0.5) is 20.6 Å². The first-order chi connectivity index (χ1) is 13.6. The van der Waals surface area contributed by atoms with E-state index in [1.807, 2.05) is 0 Å². The zero-order valence-electron chi connectivity index (χ0n) is 16.5. The Balaban J connectivity index is 1.85. The second-order valence-electron chi connectivity index (χ2n) is 7.27. The van der Waals surface area contributed by atoms with Gasteiger partial charge in [-0.2, -0.15) is 0 Å². The standard InChI is InChI=1S/C21H24FN3O4/c1-21(2,3)29-20(28)23-11-10-18(26)24-16-8-5-9-17(13-16)25-19(27)14-6-4-7-15(22)12-14/h4-9,12-13H,10-11H2,1-3H3,(H,23,28)(H,24,26)(H,25,27). The van der Waals surface area contributed by atoms with E-state index in [9.17, 15) is 18.8 Å². The third-order valence-corrected chi connectivity index (χ3v) is 3.51. The number of carbonyl (C=O) groups is 3. The van der Waals surface area contributed by atoms with E-state index in [1.165, 1.54) is 18.2 Å². The van der Waals surface area contributed by atoms with Gasteiger partial charge >= 0.3 is 6.09 Å². The Morgan fingerprint density at radius 1 is 0.966 bits per heavy atom. The van der Waals surface area contributed by atoms with Gasteiger partial charge in [0, 0.05) is 29.9 Å². The Morgan fingerprint density at radius 3 is 2.28 bits per heavy atom. The highest BCUT2D eigenvalue weighted by molar-refractivity contribution is 6.04. The Hall–Kier alpha value is -3.42. The molecule has 3 N–H and O–H groups in total. The molecule has 0 saturated carbocycles. The number of hydrogen-bond acceptors (Lipinski definition) is 4. The Bertz CT molecular complexity index is 893. The average molecular weight is 401 g/mol. The van der Waals surface area contributed by atoms with Crippen LogP contribution in [0.25, 0.3) is 0 Å². The number of halogens is 1. The summed E-state index contributed by atoms with van der Waals surface area (Å²) in [6.45, 7) is 5.37. The van der Waals surface area contributed by atoms with Gasteiger partial charge in [0.05, 0.1) is 0 Å². The molecule has 154 valence electrons. The fraction of sp³-hybridized carbons (Fsp3) is 0.286. The molecule has 0 bridgehead atoms. The molecule has 0 heterocycles. The SMILES string of the molecule is CC(C)(C)OC(=O)NCCC(=O)Nc1cccc(NC(=O)c2cccc(F)c2)c1. The molecule has 2 aromatic rings. The first-order valence-electron chi connectivity index (χ1n) is 9.06. The summed E-state index contributed by atoms with van der Waals surface area (Å²) >= 11 is 0. The molecule has 0 spiro atoms. The molecule has 0 atom stereocenters. The van der Waals surface area contributed by atoms with Crippen molar-refractivity contribution in [1.82, 2.24) is 5.32 Å². The predicted octanol–water partition coefficient (Wildman–Crippen LogP) is 3.93. The molecule has 0 radical (unpaired) electrons. The second-order valence-corrected chi connectivity index (χ2v) is 7.27. The Kier molecular flexibility index (Phi) is 7.30. The number of alkyl carbamates (subject to hydrolysis) is 1. The molecule has 29 heavy (non-hydrogen) atoms. The lowest BCUT2D eigenvalue weighted by atomic mass is 10.2. The molecule has 0 unspecified atom stereocenters. The van der Waals surface area contributed by atoms with Crippen molar-refractivity contribution in [2.24, 2.45) is 0 Å². The molecule has 0 aliphatic carbocycles.